The Morgan fingerprint density at radius 3 is 2.57 bits per heavy atom. The van der Waals surface area contributed by atoms with Crippen molar-refractivity contribution in [3.8, 4) is 16.3 Å². The highest BCUT2D eigenvalue weighted by Crippen LogP contribution is 2.28. The van der Waals surface area contributed by atoms with Crippen molar-refractivity contribution in [3.05, 3.63) is 59.1 Å². The van der Waals surface area contributed by atoms with E-state index in [-0.39, 0.29) is 11.9 Å². The highest BCUT2D eigenvalue weighted by Gasteiger charge is 2.09. The van der Waals surface area contributed by atoms with Crippen molar-refractivity contribution >= 4 is 34.6 Å². The monoisotopic (exact) mass is 424 g/mol. The Bertz CT molecular complexity index is 1030. The minimum Gasteiger partial charge on any atom is -0.494 e. The van der Waals surface area contributed by atoms with E-state index in [0.717, 1.165) is 16.3 Å². The SMILES string of the molecule is COc1cc(NC(=O)NCCc2csc(-c3ccc(C)cc3)n2)ccc1NC(C)=O. The first-order chi connectivity index (χ1) is 14.4. The number of nitrogens with zero attached hydrogens (tertiary/aromatic N) is 1. The van der Waals surface area contributed by atoms with E-state index in [1.54, 1.807) is 29.5 Å². The van der Waals surface area contributed by atoms with Crippen LogP contribution in [0.25, 0.3) is 10.6 Å². The number of ether oxygens (including phenoxy) is 1. The van der Waals surface area contributed by atoms with Gasteiger partial charge in [0.25, 0.3) is 0 Å². The lowest BCUT2D eigenvalue weighted by molar-refractivity contribution is -0.114. The van der Waals surface area contributed by atoms with Crippen molar-refractivity contribution in [3.63, 3.8) is 0 Å². The number of hydrogen-bond acceptors (Lipinski definition) is 5. The Balaban J connectivity index is 1.50. The molecule has 30 heavy (non-hydrogen) atoms. The third-order valence-electron chi connectivity index (χ3n) is 4.29. The Labute approximate surface area is 179 Å². The number of aromatic nitrogens is 1. The second-order valence-electron chi connectivity index (χ2n) is 6.74. The zero-order valence-corrected chi connectivity index (χ0v) is 17.9. The van der Waals surface area contributed by atoms with Gasteiger partial charge in [-0.1, -0.05) is 29.8 Å². The third kappa shape index (κ3) is 5.81. The minimum atomic E-state index is -0.321. The molecule has 1 heterocycles. The minimum absolute atomic E-state index is 0.195. The maximum atomic E-state index is 12.2. The largest absolute Gasteiger partial charge is 0.494 e. The topological polar surface area (TPSA) is 92.3 Å². The van der Waals surface area contributed by atoms with Gasteiger partial charge in [-0.25, -0.2) is 9.78 Å². The van der Waals surface area contributed by atoms with Gasteiger partial charge in [0.15, 0.2) is 0 Å². The van der Waals surface area contributed by atoms with Crippen molar-refractivity contribution in [1.29, 1.82) is 0 Å². The fourth-order valence-corrected chi connectivity index (χ4v) is 3.65. The molecule has 156 valence electrons. The summed E-state index contributed by atoms with van der Waals surface area (Å²) in [7, 11) is 1.50. The highest BCUT2D eigenvalue weighted by atomic mass is 32.1. The molecule has 3 N–H and O–H groups in total. The lowest BCUT2D eigenvalue weighted by Crippen LogP contribution is -2.30. The number of aryl methyl sites for hydroxylation is 1. The quantitative estimate of drug-likeness (QED) is 0.522. The first-order valence-electron chi connectivity index (χ1n) is 9.46. The molecule has 0 atom stereocenters. The van der Waals surface area contributed by atoms with Crippen molar-refractivity contribution in [1.82, 2.24) is 10.3 Å². The van der Waals surface area contributed by atoms with Gasteiger partial charge in [0.1, 0.15) is 10.8 Å². The van der Waals surface area contributed by atoms with E-state index in [1.807, 2.05) is 5.38 Å². The molecular weight excluding hydrogens is 400 g/mol. The molecule has 3 rings (SSSR count). The normalized spacial score (nSPS) is 10.4. The van der Waals surface area contributed by atoms with Gasteiger partial charge in [-0.2, -0.15) is 0 Å². The predicted molar refractivity (Wildman–Crippen MR) is 120 cm³/mol. The molecule has 0 unspecified atom stereocenters. The second-order valence-corrected chi connectivity index (χ2v) is 7.60. The predicted octanol–water partition coefficient (Wildman–Crippen LogP) is 4.45. The molecule has 8 heteroatoms. The third-order valence-corrected chi connectivity index (χ3v) is 5.23. The van der Waals surface area contributed by atoms with Crippen LogP contribution in [0.15, 0.2) is 47.8 Å². The standard InChI is InChI=1S/C22H24N4O3S/c1-14-4-6-16(7-5-14)21-25-18(13-30-21)10-11-23-22(28)26-17-8-9-19(24-15(2)27)20(12-17)29-3/h4-9,12-13H,10-11H2,1-3H3,(H,24,27)(H2,23,26,28). The molecule has 0 fully saturated rings. The maximum absolute atomic E-state index is 12.2. The summed E-state index contributed by atoms with van der Waals surface area (Å²) in [6.45, 7) is 3.94. The van der Waals surface area contributed by atoms with Gasteiger partial charge < -0.3 is 20.7 Å². The van der Waals surface area contributed by atoms with Crippen LogP contribution < -0.4 is 20.7 Å². The first-order valence-corrected chi connectivity index (χ1v) is 10.3. The number of thiazole rings is 1. The van der Waals surface area contributed by atoms with E-state index in [2.05, 4.69) is 52.1 Å². The average Bonchev–Trinajstić information content (AvgIpc) is 3.18. The summed E-state index contributed by atoms with van der Waals surface area (Å²) in [6.07, 6.45) is 0.639. The molecule has 0 bridgehead atoms. The van der Waals surface area contributed by atoms with Gasteiger partial charge in [0.05, 0.1) is 18.5 Å². The summed E-state index contributed by atoms with van der Waals surface area (Å²) in [4.78, 5) is 28.0. The molecule has 0 aliphatic carbocycles. The van der Waals surface area contributed by atoms with Crippen LogP contribution in [0.4, 0.5) is 16.2 Å². The average molecular weight is 425 g/mol. The number of nitrogens with one attached hydrogen (secondary N) is 3. The highest BCUT2D eigenvalue weighted by molar-refractivity contribution is 7.13. The Morgan fingerprint density at radius 1 is 1.10 bits per heavy atom. The lowest BCUT2D eigenvalue weighted by Gasteiger charge is -2.12. The van der Waals surface area contributed by atoms with Crippen molar-refractivity contribution in [2.75, 3.05) is 24.3 Å². The van der Waals surface area contributed by atoms with E-state index in [9.17, 15) is 9.59 Å². The Morgan fingerprint density at radius 2 is 1.87 bits per heavy atom. The van der Waals surface area contributed by atoms with E-state index in [4.69, 9.17) is 4.74 Å². The molecule has 3 aromatic rings. The molecule has 0 radical (unpaired) electrons. The summed E-state index contributed by atoms with van der Waals surface area (Å²) in [6, 6.07) is 13.0. The Hall–Kier alpha value is -3.39. The summed E-state index contributed by atoms with van der Waals surface area (Å²) in [5, 5.41) is 11.2. The van der Waals surface area contributed by atoms with Crippen LogP contribution in [0, 0.1) is 6.92 Å². The van der Waals surface area contributed by atoms with Crippen molar-refractivity contribution < 1.29 is 14.3 Å². The summed E-state index contributed by atoms with van der Waals surface area (Å²) in [5.74, 6) is 0.272. The maximum Gasteiger partial charge on any atom is 0.319 e. The molecule has 3 amide bonds. The number of anilines is 2. The smallest absolute Gasteiger partial charge is 0.319 e. The Kier molecular flexibility index (Phi) is 7.03. The summed E-state index contributed by atoms with van der Waals surface area (Å²) >= 11 is 1.60. The van der Waals surface area contributed by atoms with Gasteiger partial charge >= 0.3 is 6.03 Å². The van der Waals surface area contributed by atoms with Crippen LogP contribution in [-0.2, 0) is 11.2 Å². The van der Waals surface area contributed by atoms with Gasteiger partial charge in [-0.15, -0.1) is 11.3 Å². The molecule has 1 aromatic heterocycles. The van der Waals surface area contributed by atoms with Gasteiger partial charge in [0.2, 0.25) is 5.91 Å². The zero-order valence-electron chi connectivity index (χ0n) is 17.1. The molecule has 0 saturated carbocycles. The van der Waals surface area contributed by atoms with Crippen molar-refractivity contribution in [2.24, 2.45) is 0 Å². The molecule has 0 saturated heterocycles. The van der Waals surface area contributed by atoms with Crippen LogP contribution in [0.3, 0.4) is 0 Å². The van der Waals surface area contributed by atoms with Crippen LogP contribution >= 0.6 is 11.3 Å². The molecule has 0 aliphatic rings. The number of benzene rings is 2. The van der Waals surface area contributed by atoms with Crippen molar-refractivity contribution in [2.45, 2.75) is 20.3 Å². The fraction of sp³-hybridized carbons (Fsp3) is 0.227. The number of rotatable bonds is 7. The summed E-state index contributed by atoms with van der Waals surface area (Å²) < 4.78 is 5.26. The van der Waals surface area contributed by atoms with E-state index >= 15 is 0 Å². The van der Waals surface area contributed by atoms with Crippen LogP contribution in [-0.4, -0.2) is 30.6 Å². The van der Waals surface area contributed by atoms with E-state index in [1.165, 1.54) is 19.6 Å². The number of carbonyl (C=O) groups is 2. The number of methoxy groups -OCH3 is 1. The molecular formula is C22H24N4O3S. The second kappa shape index (κ2) is 9.89. The first kappa shape index (κ1) is 21.3. The van der Waals surface area contributed by atoms with Crippen LogP contribution in [0.2, 0.25) is 0 Å². The number of carbonyl (C=O) groups excluding carboxylic acids is 2. The van der Waals surface area contributed by atoms with Gasteiger partial charge in [-0.05, 0) is 19.1 Å². The molecule has 7 nitrogen and oxygen atoms in total. The zero-order chi connectivity index (χ0) is 21.5. The van der Waals surface area contributed by atoms with E-state index in [0.29, 0.717) is 30.1 Å². The van der Waals surface area contributed by atoms with Gasteiger partial charge in [-0.3, -0.25) is 4.79 Å². The fourth-order valence-electron chi connectivity index (χ4n) is 2.79. The lowest BCUT2D eigenvalue weighted by atomic mass is 10.2. The van der Waals surface area contributed by atoms with Crippen LogP contribution in [0.5, 0.6) is 5.75 Å². The number of amides is 3. The van der Waals surface area contributed by atoms with Gasteiger partial charge in [0, 0.05) is 42.6 Å². The molecule has 2 aromatic carbocycles. The van der Waals surface area contributed by atoms with E-state index < -0.39 is 0 Å². The number of urea groups is 1. The molecule has 0 aliphatic heterocycles. The number of hydrogen-bond donors (Lipinski definition) is 3. The molecule has 0 spiro atoms. The van der Waals surface area contributed by atoms with Crippen LogP contribution in [0.1, 0.15) is 18.2 Å². The summed E-state index contributed by atoms with van der Waals surface area (Å²) in [5.41, 5.74) is 4.36.